The second-order valence-corrected chi connectivity index (χ2v) is 5.60. The largest absolute Gasteiger partial charge is 0.479 e. The van der Waals surface area contributed by atoms with Gasteiger partial charge in [0.05, 0.1) is 0 Å². The van der Waals surface area contributed by atoms with Crippen LogP contribution in [0.5, 0.6) is 0 Å². The first-order valence-electron chi connectivity index (χ1n) is 8.55. The Kier molecular flexibility index (Phi) is 15.4. The fraction of sp³-hybridized carbons (Fsp3) is 0.722. The standard InChI is InChI=1S/C18H32O4/c1-2-3-4-5-6-7-8-9-10-11-12-13-14-15-16-17(22-21)18(19)20/h6-7,9-10,17,21H,2-5,8,11-16H2,1H3,(H,19,20)/b7-6+,10-9+. The fourth-order valence-electron chi connectivity index (χ4n) is 2.19. The first-order chi connectivity index (χ1) is 10.7. The van der Waals surface area contributed by atoms with Gasteiger partial charge in [0.15, 0.2) is 6.10 Å². The first-order valence-corrected chi connectivity index (χ1v) is 8.55. The molecule has 0 aliphatic heterocycles. The van der Waals surface area contributed by atoms with Crippen molar-refractivity contribution < 1.29 is 20.0 Å². The molecule has 0 aliphatic carbocycles. The van der Waals surface area contributed by atoms with Crippen LogP contribution < -0.4 is 0 Å². The number of rotatable bonds is 15. The second-order valence-electron chi connectivity index (χ2n) is 5.60. The Morgan fingerprint density at radius 1 is 0.955 bits per heavy atom. The quantitative estimate of drug-likeness (QED) is 0.185. The molecule has 0 spiro atoms. The number of carboxylic acids is 1. The van der Waals surface area contributed by atoms with Gasteiger partial charge in [-0.25, -0.2) is 9.68 Å². The molecule has 0 aromatic carbocycles. The summed E-state index contributed by atoms with van der Waals surface area (Å²) in [5, 5.41) is 17.1. The van der Waals surface area contributed by atoms with Crippen molar-refractivity contribution in [3.63, 3.8) is 0 Å². The van der Waals surface area contributed by atoms with E-state index in [0.717, 1.165) is 38.5 Å². The summed E-state index contributed by atoms with van der Waals surface area (Å²) >= 11 is 0. The summed E-state index contributed by atoms with van der Waals surface area (Å²) in [5.41, 5.74) is 0. The third-order valence-corrected chi connectivity index (χ3v) is 3.57. The molecule has 1 atom stereocenters. The summed E-state index contributed by atoms with van der Waals surface area (Å²) < 4.78 is 0. The van der Waals surface area contributed by atoms with Crippen LogP contribution in [0.3, 0.4) is 0 Å². The van der Waals surface area contributed by atoms with E-state index in [9.17, 15) is 4.79 Å². The van der Waals surface area contributed by atoms with E-state index in [2.05, 4.69) is 36.1 Å². The fourth-order valence-corrected chi connectivity index (χ4v) is 2.19. The van der Waals surface area contributed by atoms with Crippen LogP contribution in [-0.2, 0) is 9.68 Å². The molecule has 1 unspecified atom stereocenters. The molecule has 0 amide bonds. The Balaban J connectivity index is 3.35. The van der Waals surface area contributed by atoms with Gasteiger partial charge in [0.25, 0.3) is 0 Å². The van der Waals surface area contributed by atoms with E-state index in [1.165, 1.54) is 25.7 Å². The lowest BCUT2D eigenvalue weighted by molar-refractivity contribution is -0.277. The highest BCUT2D eigenvalue weighted by atomic mass is 17.1. The normalized spacial score (nSPS) is 13.2. The smallest absolute Gasteiger partial charge is 0.336 e. The lowest BCUT2D eigenvalue weighted by atomic mass is 10.1. The van der Waals surface area contributed by atoms with E-state index >= 15 is 0 Å². The number of allylic oxidation sites excluding steroid dienone is 4. The molecule has 0 aliphatic rings. The molecule has 0 aromatic heterocycles. The maximum absolute atomic E-state index is 10.6. The summed E-state index contributed by atoms with van der Waals surface area (Å²) in [5.74, 6) is -1.10. The molecule has 0 rings (SSSR count). The van der Waals surface area contributed by atoms with Gasteiger partial charge in [0.2, 0.25) is 0 Å². The van der Waals surface area contributed by atoms with E-state index in [1.807, 2.05) is 0 Å². The maximum Gasteiger partial charge on any atom is 0.336 e. The molecule has 0 bridgehead atoms. The molecule has 0 heterocycles. The Labute approximate surface area is 134 Å². The molecule has 4 nitrogen and oxygen atoms in total. The van der Waals surface area contributed by atoms with Crippen LogP contribution in [0.2, 0.25) is 0 Å². The Hall–Kier alpha value is -1.13. The van der Waals surface area contributed by atoms with Crippen LogP contribution in [-0.4, -0.2) is 22.4 Å². The van der Waals surface area contributed by atoms with Gasteiger partial charge in [-0.2, -0.15) is 0 Å². The Morgan fingerprint density at radius 2 is 1.55 bits per heavy atom. The third-order valence-electron chi connectivity index (χ3n) is 3.57. The highest BCUT2D eigenvalue weighted by Gasteiger charge is 2.16. The molecular weight excluding hydrogens is 280 g/mol. The van der Waals surface area contributed by atoms with Crippen molar-refractivity contribution in [2.45, 2.75) is 83.7 Å². The molecule has 0 fully saturated rings. The van der Waals surface area contributed by atoms with Gasteiger partial charge < -0.3 is 5.11 Å². The lowest BCUT2D eigenvalue weighted by Crippen LogP contribution is -2.22. The van der Waals surface area contributed by atoms with Crippen molar-refractivity contribution in [1.82, 2.24) is 0 Å². The zero-order valence-electron chi connectivity index (χ0n) is 13.9. The molecule has 0 radical (unpaired) electrons. The molecule has 0 saturated carbocycles. The maximum atomic E-state index is 10.6. The average molecular weight is 312 g/mol. The number of aliphatic carboxylic acids is 1. The third kappa shape index (κ3) is 13.8. The highest BCUT2D eigenvalue weighted by Crippen LogP contribution is 2.10. The van der Waals surface area contributed by atoms with Gasteiger partial charge in [0.1, 0.15) is 0 Å². The monoisotopic (exact) mass is 312 g/mol. The Bertz CT molecular complexity index is 310. The van der Waals surface area contributed by atoms with Crippen LogP contribution in [0.4, 0.5) is 0 Å². The van der Waals surface area contributed by atoms with Crippen molar-refractivity contribution in [1.29, 1.82) is 0 Å². The van der Waals surface area contributed by atoms with Crippen LogP contribution in [0.25, 0.3) is 0 Å². The predicted molar refractivity (Wildman–Crippen MR) is 89.9 cm³/mol. The first kappa shape index (κ1) is 20.9. The summed E-state index contributed by atoms with van der Waals surface area (Å²) in [7, 11) is 0. The number of unbranched alkanes of at least 4 members (excludes halogenated alkanes) is 7. The number of hydrogen-bond acceptors (Lipinski definition) is 3. The van der Waals surface area contributed by atoms with Crippen molar-refractivity contribution in [3.05, 3.63) is 24.3 Å². The molecule has 4 heteroatoms. The number of hydrogen-bond donors (Lipinski definition) is 2. The van der Waals surface area contributed by atoms with E-state index in [0.29, 0.717) is 6.42 Å². The van der Waals surface area contributed by atoms with E-state index in [4.69, 9.17) is 10.4 Å². The van der Waals surface area contributed by atoms with Gasteiger partial charge >= 0.3 is 5.97 Å². The van der Waals surface area contributed by atoms with Gasteiger partial charge in [0, 0.05) is 0 Å². The molecule has 22 heavy (non-hydrogen) atoms. The molecular formula is C18H32O4. The van der Waals surface area contributed by atoms with Gasteiger partial charge in [-0.3, -0.25) is 5.26 Å². The Morgan fingerprint density at radius 3 is 2.09 bits per heavy atom. The van der Waals surface area contributed by atoms with Crippen molar-refractivity contribution >= 4 is 5.97 Å². The summed E-state index contributed by atoms with van der Waals surface area (Å²) in [6.07, 6.45) is 19.3. The highest BCUT2D eigenvalue weighted by molar-refractivity contribution is 5.72. The van der Waals surface area contributed by atoms with Gasteiger partial charge in [-0.1, -0.05) is 63.3 Å². The summed E-state index contributed by atoms with van der Waals surface area (Å²) in [6.45, 7) is 2.22. The SMILES string of the molecule is CCCCC/C=C/C/C=C/CCCCCCC(OO)C(=O)O. The van der Waals surface area contributed by atoms with Crippen LogP contribution in [0.15, 0.2) is 24.3 Å². The second kappa shape index (κ2) is 16.2. The van der Waals surface area contributed by atoms with Crippen LogP contribution in [0.1, 0.15) is 77.6 Å². The summed E-state index contributed by atoms with van der Waals surface area (Å²) in [4.78, 5) is 14.5. The van der Waals surface area contributed by atoms with Gasteiger partial charge in [-0.05, 0) is 38.5 Å². The van der Waals surface area contributed by atoms with E-state index in [1.54, 1.807) is 0 Å². The van der Waals surface area contributed by atoms with Crippen molar-refractivity contribution in [3.8, 4) is 0 Å². The van der Waals surface area contributed by atoms with E-state index < -0.39 is 12.1 Å². The van der Waals surface area contributed by atoms with Crippen molar-refractivity contribution in [2.24, 2.45) is 0 Å². The predicted octanol–water partition coefficient (Wildman–Crippen LogP) is 5.35. The number of carboxylic acid groups (broad SMARTS) is 1. The topological polar surface area (TPSA) is 66.8 Å². The average Bonchev–Trinajstić information content (AvgIpc) is 2.51. The zero-order valence-corrected chi connectivity index (χ0v) is 13.9. The minimum absolute atomic E-state index is 0.366. The lowest BCUT2D eigenvalue weighted by Gasteiger charge is -2.07. The zero-order chi connectivity index (χ0) is 16.5. The number of carbonyl (C=O) groups is 1. The van der Waals surface area contributed by atoms with Crippen LogP contribution in [0, 0.1) is 0 Å². The minimum atomic E-state index is -1.10. The molecule has 0 saturated heterocycles. The van der Waals surface area contributed by atoms with Crippen molar-refractivity contribution in [2.75, 3.05) is 0 Å². The molecule has 2 N–H and O–H groups in total. The molecule has 128 valence electrons. The van der Waals surface area contributed by atoms with Crippen LogP contribution >= 0.6 is 0 Å². The molecule has 0 aromatic rings. The van der Waals surface area contributed by atoms with E-state index in [-0.39, 0.29) is 0 Å². The minimum Gasteiger partial charge on any atom is -0.479 e. The summed E-state index contributed by atoms with van der Waals surface area (Å²) in [6, 6.07) is 0. The van der Waals surface area contributed by atoms with Gasteiger partial charge in [-0.15, -0.1) is 0 Å².